The third kappa shape index (κ3) is 4.01. The summed E-state index contributed by atoms with van der Waals surface area (Å²) in [5, 5.41) is 22.5. The molecule has 0 radical (unpaired) electrons. The normalized spacial score (nSPS) is 14.4. The number of carbonyl (C=O) groups excluding carboxylic acids is 1. The number of nitrogens with zero attached hydrogens (tertiary/aromatic N) is 6. The number of likely N-dealkylation sites (N-methyl/N-ethyl adjacent to an activating group) is 1. The van der Waals surface area contributed by atoms with Gasteiger partial charge in [0.2, 0.25) is 5.91 Å². The van der Waals surface area contributed by atoms with Crippen molar-refractivity contribution in [3.63, 3.8) is 0 Å². The fraction of sp³-hybridized carbons (Fsp3) is 0.353. The maximum absolute atomic E-state index is 12.7. The summed E-state index contributed by atoms with van der Waals surface area (Å²) in [6.07, 6.45) is 5.61. The minimum Gasteiger partial charge on any atom is -0.324 e. The van der Waals surface area contributed by atoms with Crippen LogP contribution in [0.25, 0.3) is 5.69 Å². The highest BCUT2D eigenvalue weighted by Gasteiger charge is 2.30. The van der Waals surface area contributed by atoms with E-state index in [1.807, 2.05) is 7.05 Å². The van der Waals surface area contributed by atoms with Crippen molar-refractivity contribution in [2.45, 2.75) is 24.8 Å². The Hall–Kier alpha value is -2.49. The molecule has 2 heterocycles. The third-order valence-corrected chi connectivity index (χ3v) is 4.81. The molecule has 148 valence electrons. The lowest BCUT2D eigenvalue weighted by Gasteiger charge is -2.15. The van der Waals surface area contributed by atoms with Gasteiger partial charge >= 0.3 is 0 Å². The van der Waals surface area contributed by atoms with Crippen LogP contribution in [0.1, 0.15) is 36.2 Å². The molecule has 9 nitrogen and oxygen atoms in total. The predicted molar refractivity (Wildman–Crippen MR) is 107 cm³/mol. The van der Waals surface area contributed by atoms with Crippen molar-refractivity contribution < 1.29 is 4.79 Å². The lowest BCUT2D eigenvalue weighted by molar-refractivity contribution is -0.118. The number of carbonyl (C=O) groups is 1. The molecule has 11 heteroatoms. The molecule has 1 aliphatic carbocycles. The maximum atomic E-state index is 12.7. The van der Waals surface area contributed by atoms with E-state index in [-0.39, 0.29) is 18.3 Å². The first-order valence-electron chi connectivity index (χ1n) is 8.61. The number of anilines is 1. The van der Waals surface area contributed by atoms with Gasteiger partial charge in [0, 0.05) is 30.4 Å². The molecule has 1 aliphatic rings. The van der Waals surface area contributed by atoms with E-state index in [1.165, 1.54) is 0 Å². The van der Waals surface area contributed by atoms with Gasteiger partial charge in [-0.25, -0.2) is 0 Å². The number of nitrogens with one attached hydrogen (secondary N) is 2. The van der Waals surface area contributed by atoms with Crippen LogP contribution in [0.15, 0.2) is 30.6 Å². The molecule has 28 heavy (non-hydrogen) atoms. The molecule has 0 aliphatic heterocycles. The third-order valence-electron chi connectivity index (χ3n) is 4.49. The molecule has 4 rings (SSSR count). The largest absolute Gasteiger partial charge is 0.324 e. The Bertz CT molecular complexity index is 981. The Morgan fingerprint density at radius 3 is 2.79 bits per heavy atom. The van der Waals surface area contributed by atoms with E-state index in [2.05, 4.69) is 31.3 Å². The zero-order valence-corrected chi connectivity index (χ0v) is 16.9. The number of hydrogen-bond acceptors (Lipinski definition) is 6. The molecule has 0 saturated heterocycles. The number of benzene rings is 1. The van der Waals surface area contributed by atoms with E-state index in [0.29, 0.717) is 22.3 Å². The molecule has 1 saturated carbocycles. The summed E-state index contributed by atoms with van der Waals surface area (Å²) in [7, 11) is 3.54. The summed E-state index contributed by atoms with van der Waals surface area (Å²) in [6.45, 7) is 0. The molecule has 1 atom stereocenters. The quantitative estimate of drug-likeness (QED) is 0.631. The highest BCUT2D eigenvalue weighted by molar-refractivity contribution is 6.32. The molecule has 1 aromatic carbocycles. The van der Waals surface area contributed by atoms with Gasteiger partial charge in [-0.3, -0.25) is 9.48 Å². The van der Waals surface area contributed by atoms with Crippen molar-refractivity contribution in [2.75, 3.05) is 12.4 Å². The van der Waals surface area contributed by atoms with Gasteiger partial charge in [0.05, 0.1) is 16.9 Å². The van der Waals surface area contributed by atoms with Crippen molar-refractivity contribution in [1.82, 2.24) is 35.3 Å². The Kier molecular flexibility index (Phi) is 5.97. The Morgan fingerprint density at radius 1 is 1.36 bits per heavy atom. The Morgan fingerprint density at radius 2 is 2.14 bits per heavy atom. The fourth-order valence-electron chi connectivity index (χ4n) is 2.97. The number of hydrogen-bond donors (Lipinski definition) is 2. The zero-order valence-electron chi connectivity index (χ0n) is 15.3. The van der Waals surface area contributed by atoms with Crippen molar-refractivity contribution in [1.29, 1.82) is 0 Å². The summed E-state index contributed by atoms with van der Waals surface area (Å²) in [4.78, 5) is 12.7. The summed E-state index contributed by atoms with van der Waals surface area (Å²) in [5.74, 6) is 0.968. The molecule has 0 spiro atoms. The Labute approximate surface area is 172 Å². The second kappa shape index (κ2) is 8.26. The van der Waals surface area contributed by atoms with Gasteiger partial charge in [0.25, 0.3) is 0 Å². The number of aromatic nitrogens is 6. The first-order valence-corrected chi connectivity index (χ1v) is 8.99. The lowest BCUT2D eigenvalue weighted by atomic mass is 10.1. The van der Waals surface area contributed by atoms with Crippen LogP contribution in [0.3, 0.4) is 0 Å². The first-order chi connectivity index (χ1) is 13.1. The first kappa shape index (κ1) is 20.2. The summed E-state index contributed by atoms with van der Waals surface area (Å²) < 4.78 is 3.30. The molecular weight excluding hydrogens is 403 g/mol. The average molecular weight is 423 g/mol. The minimum absolute atomic E-state index is 0. The van der Waals surface area contributed by atoms with Crippen LogP contribution in [-0.4, -0.2) is 42.9 Å². The zero-order chi connectivity index (χ0) is 19.0. The van der Waals surface area contributed by atoms with Gasteiger partial charge in [0.1, 0.15) is 6.04 Å². The topological polar surface area (TPSA) is 103 Å². The van der Waals surface area contributed by atoms with Crippen LogP contribution in [0.4, 0.5) is 5.69 Å². The lowest BCUT2D eigenvalue weighted by Crippen LogP contribution is -2.30. The van der Waals surface area contributed by atoms with Crippen LogP contribution in [0.5, 0.6) is 0 Å². The van der Waals surface area contributed by atoms with Crippen LogP contribution >= 0.6 is 24.0 Å². The average Bonchev–Trinajstić information content (AvgIpc) is 3.22. The SMILES string of the molecule is CNC(C(=O)Nc1ccc(Cl)c(-n2nnnc2C2CC2)c1)c1cnn(C)c1.Cl. The Balaban J connectivity index is 0.00000225. The van der Waals surface area contributed by atoms with Crippen LogP contribution < -0.4 is 10.6 Å². The predicted octanol–water partition coefficient (Wildman–Crippen LogP) is 2.25. The second-order valence-electron chi connectivity index (χ2n) is 6.55. The molecule has 1 unspecified atom stereocenters. The number of rotatable bonds is 6. The highest BCUT2D eigenvalue weighted by atomic mass is 35.5. The minimum atomic E-state index is -0.520. The van der Waals surface area contributed by atoms with Gasteiger partial charge in [-0.15, -0.1) is 17.5 Å². The number of halogens is 2. The molecule has 3 aromatic rings. The molecular formula is C17H20Cl2N8O. The second-order valence-corrected chi connectivity index (χ2v) is 6.95. The van der Waals surface area contributed by atoms with E-state index in [1.54, 1.807) is 47.0 Å². The summed E-state index contributed by atoms with van der Waals surface area (Å²) in [6, 6.07) is 4.73. The number of amides is 1. The van der Waals surface area contributed by atoms with E-state index in [0.717, 1.165) is 24.2 Å². The van der Waals surface area contributed by atoms with Crippen LogP contribution in [0.2, 0.25) is 5.02 Å². The molecule has 2 N–H and O–H groups in total. The highest BCUT2D eigenvalue weighted by Crippen LogP contribution is 2.40. The number of aryl methyl sites for hydroxylation is 1. The van der Waals surface area contributed by atoms with Crippen molar-refractivity contribution in [3.8, 4) is 5.69 Å². The van der Waals surface area contributed by atoms with Crippen molar-refractivity contribution >= 4 is 35.6 Å². The van der Waals surface area contributed by atoms with Gasteiger partial charge in [-0.05, 0) is 48.5 Å². The van der Waals surface area contributed by atoms with Crippen molar-refractivity contribution in [2.24, 2.45) is 7.05 Å². The maximum Gasteiger partial charge on any atom is 0.246 e. The van der Waals surface area contributed by atoms with Crippen LogP contribution in [-0.2, 0) is 11.8 Å². The molecule has 1 fully saturated rings. The fourth-order valence-corrected chi connectivity index (χ4v) is 3.16. The van der Waals surface area contributed by atoms with E-state index in [4.69, 9.17) is 11.6 Å². The van der Waals surface area contributed by atoms with Crippen LogP contribution in [0, 0.1) is 0 Å². The van der Waals surface area contributed by atoms with Gasteiger partial charge in [-0.1, -0.05) is 11.6 Å². The van der Waals surface area contributed by atoms with E-state index in [9.17, 15) is 4.79 Å². The standard InChI is InChI=1S/C17H19ClN8O.ClH/c1-19-15(11-8-20-25(2)9-11)17(27)21-12-5-6-13(18)14(7-12)26-16(10-3-4-10)22-23-24-26;/h5-10,15,19H,3-4H2,1-2H3,(H,21,27);1H. The van der Waals surface area contributed by atoms with Crippen molar-refractivity contribution in [3.05, 3.63) is 47.0 Å². The van der Waals surface area contributed by atoms with Gasteiger partial charge < -0.3 is 10.6 Å². The number of tetrazole rings is 1. The van der Waals surface area contributed by atoms with Gasteiger partial charge in [0.15, 0.2) is 5.82 Å². The smallest absolute Gasteiger partial charge is 0.246 e. The molecule has 2 aromatic heterocycles. The summed E-state index contributed by atoms with van der Waals surface area (Å²) >= 11 is 6.36. The van der Waals surface area contributed by atoms with E-state index < -0.39 is 6.04 Å². The monoisotopic (exact) mass is 422 g/mol. The molecule has 0 bridgehead atoms. The molecule has 1 amide bonds. The van der Waals surface area contributed by atoms with E-state index >= 15 is 0 Å². The summed E-state index contributed by atoms with van der Waals surface area (Å²) in [5.41, 5.74) is 2.03. The van der Waals surface area contributed by atoms with Gasteiger partial charge in [-0.2, -0.15) is 9.78 Å².